The third-order valence-corrected chi connectivity index (χ3v) is 3.19. The molecule has 20 heavy (non-hydrogen) atoms. The number of anilines is 1. The Kier molecular flexibility index (Phi) is 4.56. The predicted octanol–water partition coefficient (Wildman–Crippen LogP) is 3.93. The smallest absolute Gasteiger partial charge is 0.227 e. The second kappa shape index (κ2) is 6.37. The quantitative estimate of drug-likeness (QED) is 0.895. The molecule has 0 fully saturated rings. The fourth-order valence-electron chi connectivity index (χ4n) is 2.14. The van der Waals surface area contributed by atoms with Gasteiger partial charge in [0.25, 0.3) is 0 Å². The van der Waals surface area contributed by atoms with Crippen LogP contribution in [-0.4, -0.2) is 9.97 Å². The van der Waals surface area contributed by atoms with Gasteiger partial charge in [0.05, 0.1) is 5.56 Å². The first-order chi connectivity index (χ1) is 9.63. The van der Waals surface area contributed by atoms with Crippen molar-refractivity contribution in [3.05, 3.63) is 41.7 Å². The molecule has 0 amide bonds. The van der Waals surface area contributed by atoms with Crippen molar-refractivity contribution < 1.29 is 4.74 Å². The van der Waals surface area contributed by atoms with Crippen molar-refractivity contribution in [3.63, 3.8) is 0 Å². The minimum absolute atomic E-state index is 0.389. The fourth-order valence-corrected chi connectivity index (χ4v) is 2.14. The molecule has 1 aromatic heterocycles. The summed E-state index contributed by atoms with van der Waals surface area (Å²) >= 11 is 0. The van der Waals surface area contributed by atoms with Gasteiger partial charge in [0.2, 0.25) is 5.88 Å². The van der Waals surface area contributed by atoms with Gasteiger partial charge in [-0.15, -0.1) is 0 Å². The Morgan fingerprint density at radius 1 is 1.20 bits per heavy atom. The van der Waals surface area contributed by atoms with Crippen LogP contribution in [0.2, 0.25) is 0 Å². The molecular formula is C16H21N3O. The Morgan fingerprint density at radius 2 is 1.95 bits per heavy atom. The Morgan fingerprint density at radius 3 is 2.65 bits per heavy atom. The average Bonchev–Trinajstić information content (AvgIpc) is 2.43. The lowest BCUT2D eigenvalue weighted by Gasteiger charge is -2.15. The van der Waals surface area contributed by atoms with Crippen LogP contribution in [0.25, 0.3) is 0 Å². The van der Waals surface area contributed by atoms with E-state index in [0.717, 1.165) is 29.7 Å². The van der Waals surface area contributed by atoms with Crippen LogP contribution in [0.5, 0.6) is 11.6 Å². The van der Waals surface area contributed by atoms with Gasteiger partial charge in [-0.3, -0.25) is 0 Å². The summed E-state index contributed by atoms with van der Waals surface area (Å²) in [6, 6.07) is 8.02. The van der Waals surface area contributed by atoms with E-state index in [1.54, 1.807) is 0 Å². The molecule has 2 aromatic rings. The largest absolute Gasteiger partial charge is 0.438 e. The monoisotopic (exact) mass is 271 g/mol. The highest BCUT2D eigenvalue weighted by molar-refractivity contribution is 5.47. The summed E-state index contributed by atoms with van der Waals surface area (Å²) in [5.41, 5.74) is 7.97. The second-order valence-corrected chi connectivity index (χ2v) is 5.09. The molecule has 0 unspecified atom stereocenters. The molecule has 0 atom stereocenters. The lowest BCUT2D eigenvalue weighted by Crippen LogP contribution is -2.03. The number of rotatable bonds is 5. The van der Waals surface area contributed by atoms with E-state index in [0.29, 0.717) is 17.6 Å². The number of hydrogen-bond donors (Lipinski definition) is 1. The van der Waals surface area contributed by atoms with Gasteiger partial charge < -0.3 is 10.5 Å². The Labute approximate surface area is 120 Å². The van der Waals surface area contributed by atoms with Crippen LogP contribution in [0.4, 0.5) is 5.82 Å². The SMILES string of the molecule is CCCc1c(N)ncnc1Oc1ccccc1C(C)C. The molecule has 2 N–H and O–H groups in total. The van der Waals surface area contributed by atoms with Gasteiger partial charge in [-0.2, -0.15) is 0 Å². The van der Waals surface area contributed by atoms with Gasteiger partial charge in [0.15, 0.2) is 0 Å². The summed E-state index contributed by atoms with van der Waals surface area (Å²) in [5.74, 6) is 2.28. The molecule has 1 heterocycles. The Balaban J connectivity index is 2.38. The van der Waals surface area contributed by atoms with Gasteiger partial charge in [-0.1, -0.05) is 45.4 Å². The molecule has 0 bridgehead atoms. The molecule has 0 spiro atoms. The van der Waals surface area contributed by atoms with E-state index in [-0.39, 0.29) is 0 Å². The number of nitrogens with two attached hydrogens (primary N) is 1. The lowest BCUT2D eigenvalue weighted by atomic mass is 10.0. The highest BCUT2D eigenvalue weighted by Crippen LogP contribution is 2.32. The maximum absolute atomic E-state index is 6.00. The van der Waals surface area contributed by atoms with E-state index in [4.69, 9.17) is 10.5 Å². The van der Waals surface area contributed by atoms with E-state index in [1.165, 1.54) is 6.33 Å². The zero-order valence-corrected chi connectivity index (χ0v) is 12.3. The normalized spacial score (nSPS) is 10.8. The van der Waals surface area contributed by atoms with Gasteiger partial charge >= 0.3 is 0 Å². The first kappa shape index (κ1) is 14.3. The summed E-state index contributed by atoms with van der Waals surface area (Å²) in [6.07, 6.45) is 3.23. The van der Waals surface area contributed by atoms with Crippen molar-refractivity contribution in [1.82, 2.24) is 9.97 Å². The van der Waals surface area contributed by atoms with Crippen LogP contribution >= 0.6 is 0 Å². The second-order valence-electron chi connectivity index (χ2n) is 5.09. The molecule has 4 heteroatoms. The third kappa shape index (κ3) is 3.07. The minimum Gasteiger partial charge on any atom is -0.438 e. The van der Waals surface area contributed by atoms with Crippen LogP contribution in [0.15, 0.2) is 30.6 Å². The van der Waals surface area contributed by atoms with Crippen molar-refractivity contribution in [2.24, 2.45) is 0 Å². The predicted molar refractivity (Wildman–Crippen MR) is 81.0 cm³/mol. The van der Waals surface area contributed by atoms with Gasteiger partial charge in [0, 0.05) is 0 Å². The summed E-state index contributed by atoms with van der Waals surface area (Å²) in [7, 11) is 0. The number of ether oxygens (including phenoxy) is 1. The molecule has 0 saturated heterocycles. The van der Waals surface area contributed by atoms with E-state index in [1.807, 2.05) is 18.2 Å². The molecule has 106 valence electrons. The average molecular weight is 271 g/mol. The Hall–Kier alpha value is -2.10. The van der Waals surface area contributed by atoms with E-state index < -0.39 is 0 Å². The molecule has 1 aromatic carbocycles. The van der Waals surface area contributed by atoms with Crippen molar-refractivity contribution in [3.8, 4) is 11.6 Å². The van der Waals surface area contributed by atoms with Crippen LogP contribution in [0.3, 0.4) is 0 Å². The number of hydrogen-bond acceptors (Lipinski definition) is 4. The number of nitrogen functional groups attached to an aromatic ring is 1. The van der Waals surface area contributed by atoms with Gasteiger partial charge in [-0.25, -0.2) is 9.97 Å². The number of nitrogens with zero attached hydrogens (tertiary/aromatic N) is 2. The standard InChI is InChI=1S/C16H21N3O/c1-4-7-13-15(17)18-10-19-16(13)20-14-9-6-5-8-12(14)11(2)3/h5-6,8-11H,4,7H2,1-3H3,(H2,17,18,19). The zero-order valence-electron chi connectivity index (χ0n) is 12.3. The van der Waals surface area contributed by atoms with Crippen LogP contribution in [-0.2, 0) is 6.42 Å². The Bertz CT molecular complexity index is 582. The van der Waals surface area contributed by atoms with Crippen LogP contribution in [0, 0.1) is 0 Å². The van der Waals surface area contributed by atoms with E-state index in [2.05, 4.69) is 36.8 Å². The summed E-state index contributed by atoms with van der Waals surface area (Å²) in [5, 5.41) is 0. The lowest BCUT2D eigenvalue weighted by molar-refractivity contribution is 0.446. The number of para-hydroxylation sites is 1. The van der Waals surface area contributed by atoms with E-state index in [9.17, 15) is 0 Å². The first-order valence-corrected chi connectivity index (χ1v) is 6.99. The third-order valence-electron chi connectivity index (χ3n) is 3.19. The highest BCUT2D eigenvalue weighted by atomic mass is 16.5. The highest BCUT2D eigenvalue weighted by Gasteiger charge is 2.13. The molecular weight excluding hydrogens is 250 g/mol. The molecule has 2 rings (SSSR count). The summed E-state index contributed by atoms with van der Waals surface area (Å²) in [4.78, 5) is 8.28. The molecule has 0 aliphatic heterocycles. The maximum atomic E-state index is 6.00. The molecule has 0 radical (unpaired) electrons. The van der Waals surface area contributed by atoms with Gasteiger partial charge in [-0.05, 0) is 24.0 Å². The summed E-state index contributed by atoms with van der Waals surface area (Å²) in [6.45, 7) is 6.38. The number of benzene rings is 1. The van der Waals surface area contributed by atoms with Crippen molar-refractivity contribution in [2.45, 2.75) is 39.5 Å². The van der Waals surface area contributed by atoms with Crippen molar-refractivity contribution in [1.29, 1.82) is 0 Å². The summed E-state index contributed by atoms with van der Waals surface area (Å²) < 4.78 is 6.00. The van der Waals surface area contributed by atoms with Crippen LogP contribution < -0.4 is 10.5 Å². The fraction of sp³-hybridized carbons (Fsp3) is 0.375. The topological polar surface area (TPSA) is 61.0 Å². The molecule has 0 saturated carbocycles. The van der Waals surface area contributed by atoms with Crippen molar-refractivity contribution in [2.75, 3.05) is 5.73 Å². The van der Waals surface area contributed by atoms with E-state index >= 15 is 0 Å². The molecule has 0 aliphatic rings. The van der Waals surface area contributed by atoms with Gasteiger partial charge in [0.1, 0.15) is 17.9 Å². The first-order valence-electron chi connectivity index (χ1n) is 6.99. The minimum atomic E-state index is 0.389. The van der Waals surface area contributed by atoms with Crippen LogP contribution in [0.1, 0.15) is 44.2 Å². The van der Waals surface area contributed by atoms with Crippen molar-refractivity contribution >= 4 is 5.82 Å². The number of aromatic nitrogens is 2. The molecule has 4 nitrogen and oxygen atoms in total. The maximum Gasteiger partial charge on any atom is 0.227 e. The zero-order chi connectivity index (χ0) is 14.5. The molecule has 0 aliphatic carbocycles.